The summed E-state index contributed by atoms with van der Waals surface area (Å²) < 4.78 is 11.8. The fourth-order valence-corrected chi connectivity index (χ4v) is 3.71. The molecule has 1 N–H and O–H groups in total. The smallest absolute Gasteiger partial charge is 0.132 e. The van der Waals surface area contributed by atoms with Gasteiger partial charge in [-0.05, 0) is 44.7 Å². The maximum absolute atomic E-state index is 10.5. The van der Waals surface area contributed by atoms with E-state index in [4.69, 9.17) is 9.47 Å². The molecule has 1 saturated carbocycles. The summed E-state index contributed by atoms with van der Waals surface area (Å²) in [4.78, 5) is 0. The Hall–Kier alpha value is -1.22. The molecule has 3 nitrogen and oxygen atoms in total. The Bertz CT molecular complexity index is 487. The van der Waals surface area contributed by atoms with Gasteiger partial charge in [0.15, 0.2) is 0 Å². The number of rotatable bonds is 1. The first-order valence-electron chi connectivity index (χ1n) is 7.70. The molecule has 1 aromatic rings. The van der Waals surface area contributed by atoms with Gasteiger partial charge in [0.1, 0.15) is 17.1 Å². The highest BCUT2D eigenvalue weighted by atomic mass is 16.5. The van der Waals surface area contributed by atoms with E-state index in [9.17, 15) is 5.11 Å². The minimum Gasteiger partial charge on any atom is -0.496 e. The summed E-state index contributed by atoms with van der Waals surface area (Å²) in [6.07, 6.45) is 7.39. The van der Waals surface area contributed by atoms with Crippen molar-refractivity contribution in [2.24, 2.45) is 0 Å². The third-order valence-electron chi connectivity index (χ3n) is 4.86. The molecular formula is C17H24O3. The van der Waals surface area contributed by atoms with E-state index in [-0.39, 0.29) is 5.60 Å². The van der Waals surface area contributed by atoms with Crippen LogP contribution in [0.2, 0.25) is 0 Å². The lowest BCUT2D eigenvalue weighted by Crippen LogP contribution is -2.41. The molecule has 1 aliphatic heterocycles. The molecule has 0 bridgehead atoms. The Morgan fingerprint density at radius 3 is 2.55 bits per heavy atom. The predicted octanol–water partition coefficient (Wildman–Crippen LogP) is 3.91. The van der Waals surface area contributed by atoms with E-state index in [0.29, 0.717) is 0 Å². The molecule has 20 heavy (non-hydrogen) atoms. The normalized spacial score (nSPS) is 24.6. The minimum atomic E-state index is -0.415. The van der Waals surface area contributed by atoms with Crippen LogP contribution in [-0.4, -0.2) is 17.8 Å². The second-order valence-corrected chi connectivity index (χ2v) is 6.23. The van der Waals surface area contributed by atoms with Crippen molar-refractivity contribution < 1.29 is 14.6 Å². The monoisotopic (exact) mass is 276 g/mol. The second kappa shape index (κ2) is 5.28. The lowest BCUT2D eigenvalue weighted by Gasteiger charge is -2.41. The molecule has 110 valence electrons. The molecule has 3 rings (SSSR count). The van der Waals surface area contributed by atoms with Gasteiger partial charge in [-0.25, -0.2) is 0 Å². The van der Waals surface area contributed by atoms with Crippen molar-refractivity contribution in [3.05, 3.63) is 23.3 Å². The van der Waals surface area contributed by atoms with Crippen molar-refractivity contribution >= 4 is 0 Å². The number of methoxy groups -OCH3 is 1. The van der Waals surface area contributed by atoms with Gasteiger partial charge in [-0.2, -0.15) is 0 Å². The van der Waals surface area contributed by atoms with E-state index >= 15 is 0 Å². The van der Waals surface area contributed by atoms with Gasteiger partial charge in [-0.3, -0.25) is 0 Å². The maximum atomic E-state index is 10.5. The van der Waals surface area contributed by atoms with Crippen LogP contribution < -0.4 is 9.47 Å². The summed E-state index contributed by atoms with van der Waals surface area (Å²) >= 11 is 0. The average Bonchev–Trinajstić information content (AvgIpc) is 2.66. The number of benzene rings is 1. The van der Waals surface area contributed by atoms with Gasteiger partial charge in [0.05, 0.1) is 13.2 Å². The zero-order valence-electron chi connectivity index (χ0n) is 12.4. The van der Waals surface area contributed by atoms with Crippen LogP contribution in [0.25, 0.3) is 0 Å². The average molecular weight is 276 g/mol. The van der Waals surface area contributed by atoms with Gasteiger partial charge in [0.2, 0.25) is 0 Å². The molecule has 1 heterocycles. The topological polar surface area (TPSA) is 38.7 Å². The van der Waals surface area contributed by atoms with E-state index in [0.717, 1.165) is 41.9 Å². The molecule has 0 aromatic heterocycles. The highest BCUT2D eigenvalue weighted by Gasteiger charge is 2.41. The maximum Gasteiger partial charge on any atom is 0.132 e. The highest BCUT2D eigenvalue weighted by molar-refractivity contribution is 5.51. The number of hydrogen-bond donors (Lipinski definition) is 1. The van der Waals surface area contributed by atoms with Crippen molar-refractivity contribution in [1.82, 2.24) is 0 Å². The van der Waals surface area contributed by atoms with E-state index in [2.05, 4.69) is 0 Å². The molecule has 3 heteroatoms. The Morgan fingerprint density at radius 1 is 1.20 bits per heavy atom. The first-order valence-corrected chi connectivity index (χ1v) is 7.70. The van der Waals surface area contributed by atoms with Crippen molar-refractivity contribution in [3.63, 3.8) is 0 Å². The number of hydrogen-bond acceptors (Lipinski definition) is 3. The zero-order chi connectivity index (χ0) is 14.2. The van der Waals surface area contributed by atoms with Gasteiger partial charge in [0, 0.05) is 17.5 Å². The van der Waals surface area contributed by atoms with E-state index in [1.165, 1.54) is 25.7 Å². The molecule has 1 aliphatic carbocycles. The Morgan fingerprint density at radius 2 is 1.90 bits per heavy atom. The SMILES string of the molecule is COc1ccc2c(c1C)OC1(CCCCCC1)CC2O. The standard InChI is InChI=1S/C17H24O3/c1-12-15(19-2)8-7-13-14(18)11-17(20-16(12)13)9-5-3-4-6-10-17/h7-8,14,18H,3-6,9-11H2,1-2H3. The fourth-order valence-electron chi connectivity index (χ4n) is 3.71. The van der Waals surface area contributed by atoms with Crippen molar-refractivity contribution in [2.45, 2.75) is 63.6 Å². The zero-order valence-corrected chi connectivity index (χ0v) is 12.4. The molecule has 0 saturated heterocycles. The summed E-state index contributed by atoms with van der Waals surface area (Å²) in [6.45, 7) is 2.01. The summed E-state index contributed by atoms with van der Waals surface area (Å²) in [6, 6.07) is 3.86. The molecular weight excluding hydrogens is 252 g/mol. The molecule has 1 aromatic carbocycles. The molecule has 1 unspecified atom stereocenters. The van der Waals surface area contributed by atoms with Crippen LogP contribution in [0.4, 0.5) is 0 Å². The van der Waals surface area contributed by atoms with Crippen molar-refractivity contribution in [3.8, 4) is 11.5 Å². The molecule has 0 radical (unpaired) electrons. The Labute approximate surface area is 120 Å². The summed E-state index contributed by atoms with van der Waals surface area (Å²) in [5, 5.41) is 10.5. The largest absolute Gasteiger partial charge is 0.496 e. The van der Waals surface area contributed by atoms with Crippen LogP contribution in [0.15, 0.2) is 12.1 Å². The third kappa shape index (κ3) is 2.28. The Kier molecular flexibility index (Phi) is 3.63. The van der Waals surface area contributed by atoms with Crippen LogP contribution >= 0.6 is 0 Å². The van der Waals surface area contributed by atoms with Crippen LogP contribution in [0, 0.1) is 6.92 Å². The third-order valence-corrected chi connectivity index (χ3v) is 4.86. The highest BCUT2D eigenvalue weighted by Crippen LogP contribution is 2.48. The number of ether oxygens (including phenoxy) is 2. The molecule has 0 amide bonds. The number of fused-ring (bicyclic) bond motifs is 1. The first kappa shape index (κ1) is 13.7. The van der Waals surface area contributed by atoms with E-state index in [1.807, 2.05) is 19.1 Å². The van der Waals surface area contributed by atoms with Gasteiger partial charge >= 0.3 is 0 Å². The van der Waals surface area contributed by atoms with Crippen LogP contribution in [0.5, 0.6) is 11.5 Å². The quantitative estimate of drug-likeness (QED) is 0.845. The molecule has 1 spiro atoms. The van der Waals surface area contributed by atoms with Crippen LogP contribution in [0.3, 0.4) is 0 Å². The second-order valence-electron chi connectivity index (χ2n) is 6.23. The summed E-state index contributed by atoms with van der Waals surface area (Å²) in [7, 11) is 1.68. The fraction of sp³-hybridized carbons (Fsp3) is 0.647. The van der Waals surface area contributed by atoms with Crippen LogP contribution in [-0.2, 0) is 0 Å². The Balaban J connectivity index is 1.99. The molecule has 2 aliphatic rings. The number of aliphatic hydroxyl groups excluding tert-OH is 1. The summed E-state index contributed by atoms with van der Waals surface area (Å²) in [5.41, 5.74) is 1.76. The van der Waals surface area contributed by atoms with E-state index in [1.54, 1.807) is 7.11 Å². The van der Waals surface area contributed by atoms with Gasteiger partial charge in [-0.15, -0.1) is 0 Å². The molecule has 1 atom stereocenters. The number of aliphatic hydroxyl groups is 1. The first-order chi connectivity index (χ1) is 9.65. The van der Waals surface area contributed by atoms with Crippen molar-refractivity contribution in [2.75, 3.05) is 7.11 Å². The molecule has 1 fully saturated rings. The van der Waals surface area contributed by atoms with Crippen molar-refractivity contribution in [1.29, 1.82) is 0 Å². The predicted molar refractivity (Wildman–Crippen MR) is 78.4 cm³/mol. The summed E-state index contributed by atoms with van der Waals surface area (Å²) in [5.74, 6) is 1.69. The lowest BCUT2D eigenvalue weighted by atomic mass is 9.82. The van der Waals surface area contributed by atoms with Crippen LogP contribution in [0.1, 0.15) is 62.2 Å². The lowest BCUT2D eigenvalue weighted by molar-refractivity contribution is -0.0252. The van der Waals surface area contributed by atoms with Gasteiger partial charge in [-0.1, -0.05) is 12.8 Å². The van der Waals surface area contributed by atoms with E-state index < -0.39 is 6.10 Å². The van der Waals surface area contributed by atoms with Gasteiger partial charge < -0.3 is 14.6 Å². The minimum absolute atomic E-state index is 0.167. The van der Waals surface area contributed by atoms with Gasteiger partial charge in [0.25, 0.3) is 0 Å².